The van der Waals surface area contributed by atoms with E-state index in [-0.39, 0.29) is 35.9 Å². The van der Waals surface area contributed by atoms with Crippen LogP contribution in [0.4, 0.5) is 5.69 Å². The highest BCUT2D eigenvalue weighted by molar-refractivity contribution is 6.03. The molecule has 0 bridgehead atoms. The summed E-state index contributed by atoms with van der Waals surface area (Å²) in [6, 6.07) is 26.4. The number of rotatable bonds is 8. The number of amides is 2. The number of nitrogens with zero attached hydrogens (tertiary/aromatic N) is 4. The number of phenols is 1. The van der Waals surface area contributed by atoms with E-state index >= 15 is 0 Å². The Kier molecular flexibility index (Phi) is 9.55. The van der Waals surface area contributed by atoms with Crippen molar-refractivity contribution in [1.29, 1.82) is 0 Å². The lowest BCUT2D eigenvalue weighted by atomic mass is 9.93. The molecule has 3 aromatic carbocycles. The van der Waals surface area contributed by atoms with Crippen molar-refractivity contribution in [2.45, 2.75) is 27.7 Å². The van der Waals surface area contributed by atoms with Crippen LogP contribution in [0.1, 0.15) is 48.4 Å². The first-order valence-corrected chi connectivity index (χ1v) is 18.0. The molecule has 266 valence electrons. The van der Waals surface area contributed by atoms with Crippen LogP contribution in [-0.4, -0.2) is 79.1 Å². The fourth-order valence-electron chi connectivity index (χ4n) is 7.24. The van der Waals surface area contributed by atoms with Crippen LogP contribution in [0.5, 0.6) is 5.75 Å². The first-order chi connectivity index (χ1) is 25.2. The number of hydrogen-bond acceptors (Lipinski definition) is 7. The van der Waals surface area contributed by atoms with E-state index in [4.69, 9.17) is 8.83 Å². The lowest BCUT2D eigenvalue weighted by Gasteiger charge is -2.34. The van der Waals surface area contributed by atoms with Crippen molar-refractivity contribution in [3.05, 3.63) is 112 Å². The molecule has 0 spiro atoms. The van der Waals surface area contributed by atoms with Crippen LogP contribution < -0.4 is 20.5 Å². The van der Waals surface area contributed by atoms with Crippen molar-refractivity contribution in [2.24, 2.45) is 0 Å². The number of carbonyl (C=O) groups is 2. The van der Waals surface area contributed by atoms with Crippen LogP contribution in [0, 0.1) is 0 Å². The Morgan fingerprint density at radius 3 is 2.12 bits per heavy atom. The summed E-state index contributed by atoms with van der Waals surface area (Å²) in [4.78, 5) is 45.2. The summed E-state index contributed by atoms with van der Waals surface area (Å²) < 4.78 is 14.2. The van der Waals surface area contributed by atoms with Gasteiger partial charge in [-0.1, -0.05) is 12.1 Å². The number of phenolic OH excluding ortho intramolecular Hbond substituents is 1. The van der Waals surface area contributed by atoms with Crippen molar-refractivity contribution in [3.8, 4) is 28.2 Å². The normalized spacial score (nSPS) is 13.2. The van der Waals surface area contributed by atoms with Crippen molar-refractivity contribution in [1.82, 2.24) is 14.4 Å². The van der Waals surface area contributed by atoms with Crippen molar-refractivity contribution >= 4 is 39.4 Å². The predicted molar refractivity (Wildman–Crippen MR) is 204 cm³/mol. The third-order valence-electron chi connectivity index (χ3n) is 10.2. The van der Waals surface area contributed by atoms with E-state index in [9.17, 15) is 19.5 Å². The quantitative estimate of drug-likeness (QED) is 0.113. The highest BCUT2D eigenvalue weighted by atomic mass is 16.4. The van der Waals surface area contributed by atoms with Crippen molar-refractivity contribution in [2.75, 3.05) is 57.3 Å². The van der Waals surface area contributed by atoms with Gasteiger partial charge in [-0.15, -0.1) is 0 Å². The standard InChI is InChI=1S/C42H42N4O6/c1-5-43(6-2)30-14-17-33-37(24-30)51-38-25-31(44(7-3)8-4)15-18-34(38)39(33)27-9-11-28(12-10-27)40(48)45-19-21-46(22-20-45)41(49)35-23-29-13-16-32(47)26-36(29)52-42(35)50/h9-18,23-26H,5-8,19-22H2,1-4H3/p+1. The zero-order valence-corrected chi connectivity index (χ0v) is 30.0. The van der Waals surface area contributed by atoms with Crippen LogP contribution in [-0.2, 0) is 0 Å². The van der Waals surface area contributed by atoms with E-state index in [2.05, 4.69) is 73.6 Å². The van der Waals surface area contributed by atoms with Crippen LogP contribution >= 0.6 is 0 Å². The molecule has 3 aliphatic rings. The van der Waals surface area contributed by atoms with Crippen molar-refractivity contribution in [3.63, 3.8) is 0 Å². The number of hydrogen-bond donors (Lipinski definition) is 1. The Bertz CT molecular complexity index is 2390. The molecule has 2 amide bonds. The Morgan fingerprint density at radius 2 is 1.44 bits per heavy atom. The molecule has 1 aromatic heterocycles. The summed E-state index contributed by atoms with van der Waals surface area (Å²) in [5, 5.41) is 12.3. The van der Waals surface area contributed by atoms with E-state index < -0.39 is 11.5 Å². The zero-order valence-electron chi connectivity index (χ0n) is 30.0. The van der Waals surface area contributed by atoms with Gasteiger partial charge in [-0.05, 0) is 81.8 Å². The molecule has 1 saturated heterocycles. The van der Waals surface area contributed by atoms with Gasteiger partial charge >= 0.3 is 5.63 Å². The molecule has 1 fully saturated rings. The zero-order chi connectivity index (χ0) is 36.5. The van der Waals surface area contributed by atoms with Gasteiger partial charge in [-0.3, -0.25) is 9.59 Å². The minimum atomic E-state index is -0.761. The topological polar surface area (TPSA) is 110 Å². The molecule has 10 heteroatoms. The van der Waals surface area contributed by atoms with Gasteiger partial charge in [0.2, 0.25) is 5.36 Å². The minimum absolute atomic E-state index is 0.0304. The maximum atomic E-state index is 13.7. The molecule has 7 rings (SSSR count). The number of benzene rings is 4. The Hall–Kier alpha value is -5.90. The molecular weight excluding hydrogens is 656 g/mol. The highest BCUT2D eigenvalue weighted by Crippen LogP contribution is 2.41. The van der Waals surface area contributed by atoms with Gasteiger partial charge in [-0.2, -0.15) is 0 Å². The van der Waals surface area contributed by atoms with E-state index in [0.29, 0.717) is 24.0 Å². The third-order valence-corrected chi connectivity index (χ3v) is 10.2. The van der Waals surface area contributed by atoms with Crippen molar-refractivity contribution < 1.29 is 23.5 Å². The van der Waals surface area contributed by atoms with Crippen LogP contribution in [0.2, 0.25) is 0 Å². The summed E-state index contributed by atoms with van der Waals surface area (Å²) in [6.45, 7) is 13.4. The van der Waals surface area contributed by atoms with Gasteiger partial charge in [0.15, 0.2) is 0 Å². The third kappa shape index (κ3) is 6.40. The lowest BCUT2D eigenvalue weighted by Crippen LogP contribution is -2.51. The maximum absolute atomic E-state index is 13.7. The van der Waals surface area contributed by atoms with E-state index in [1.165, 1.54) is 18.2 Å². The monoisotopic (exact) mass is 699 g/mol. The highest BCUT2D eigenvalue weighted by Gasteiger charge is 2.28. The largest absolute Gasteiger partial charge is 0.508 e. The number of fused-ring (bicyclic) bond motifs is 3. The van der Waals surface area contributed by atoms with Gasteiger partial charge in [0, 0.05) is 90.6 Å². The van der Waals surface area contributed by atoms with Gasteiger partial charge in [0.1, 0.15) is 41.3 Å². The van der Waals surface area contributed by atoms with Gasteiger partial charge in [0.05, 0.1) is 6.07 Å². The fraction of sp³-hybridized carbons (Fsp3) is 0.286. The molecule has 3 heterocycles. The molecule has 0 radical (unpaired) electrons. The van der Waals surface area contributed by atoms with Crippen LogP contribution in [0.25, 0.3) is 44.4 Å². The van der Waals surface area contributed by atoms with Gasteiger partial charge in [-0.25, -0.2) is 9.37 Å². The van der Waals surface area contributed by atoms with E-state index in [1.54, 1.807) is 15.9 Å². The summed E-state index contributed by atoms with van der Waals surface area (Å²) in [6.07, 6.45) is 0. The molecular formula is C42H43N4O6+. The Morgan fingerprint density at radius 1 is 0.750 bits per heavy atom. The first kappa shape index (κ1) is 34.5. The Labute approximate surface area is 301 Å². The van der Waals surface area contributed by atoms with Gasteiger partial charge < -0.3 is 28.6 Å². The molecule has 4 aromatic rings. The molecule has 52 heavy (non-hydrogen) atoms. The van der Waals surface area contributed by atoms with E-state index in [1.807, 2.05) is 24.3 Å². The number of piperazine rings is 1. The molecule has 0 atom stereocenters. The number of carbonyl (C=O) groups excluding carboxylic acids is 2. The lowest BCUT2D eigenvalue weighted by molar-refractivity contribution is 0.0533. The average Bonchev–Trinajstić information content (AvgIpc) is 3.17. The summed E-state index contributed by atoms with van der Waals surface area (Å²) in [5.74, 6) is 0.214. The van der Waals surface area contributed by atoms with E-state index in [0.717, 1.165) is 70.6 Å². The second kappa shape index (κ2) is 14.4. The second-order valence-electron chi connectivity index (χ2n) is 13.0. The number of anilines is 1. The summed E-state index contributed by atoms with van der Waals surface area (Å²) in [5.41, 5.74) is 4.87. The number of aromatic hydroxyl groups is 1. The summed E-state index contributed by atoms with van der Waals surface area (Å²) in [7, 11) is 0. The molecule has 1 aliphatic carbocycles. The second-order valence-corrected chi connectivity index (χ2v) is 13.0. The predicted octanol–water partition coefficient (Wildman–Crippen LogP) is 6.27. The van der Waals surface area contributed by atoms with Gasteiger partial charge in [0.25, 0.3) is 11.8 Å². The summed E-state index contributed by atoms with van der Waals surface area (Å²) >= 11 is 0. The molecule has 1 N–H and O–H groups in total. The fourth-order valence-corrected chi connectivity index (χ4v) is 7.24. The first-order valence-electron chi connectivity index (χ1n) is 18.0. The van der Waals surface area contributed by atoms with Crippen LogP contribution in [0.15, 0.2) is 98.6 Å². The molecule has 0 saturated carbocycles. The van der Waals surface area contributed by atoms with Crippen LogP contribution in [0.3, 0.4) is 0 Å². The smallest absolute Gasteiger partial charge is 0.349 e. The Balaban J connectivity index is 1.15. The molecule has 10 nitrogen and oxygen atoms in total. The molecule has 0 unspecified atom stereocenters. The average molecular weight is 700 g/mol. The molecule has 2 aliphatic heterocycles. The SMILES string of the molecule is CCN(CC)c1ccc2c(-c3ccc(C(=O)N4CCN(C(=O)c5cc6ccc(O)cc6oc5=O)CC4)cc3)c3ccc(=[N+](CC)CC)cc-3oc2c1. The maximum Gasteiger partial charge on any atom is 0.349 e. The minimum Gasteiger partial charge on any atom is -0.508 e.